The molecule has 0 saturated carbocycles. The second kappa shape index (κ2) is 7.36. The van der Waals surface area contributed by atoms with Crippen LogP contribution in [0.15, 0.2) is 0 Å². The quantitative estimate of drug-likeness (QED) is 0.696. The molecule has 2 atom stereocenters. The first-order chi connectivity index (χ1) is 8.58. The molecule has 1 rings (SSSR count). The van der Waals surface area contributed by atoms with E-state index in [0.29, 0.717) is 12.8 Å². The fraction of sp³-hybridized carbons (Fsp3) is 0.846. The Morgan fingerprint density at radius 1 is 1.22 bits per heavy atom. The lowest BCUT2D eigenvalue weighted by molar-refractivity contribution is -0.143. The molecular formula is C13H23NO4. The predicted molar refractivity (Wildman–Crippen MR) is 67.1 cm³/mol. The monoisotopic (exact) mass is 257 g/mol. The number of rotatable bonds is 5. The maximum absolute atomic E-state index is 11.4. The summed E-state index contributed by atoms with van der Waals surface area (Å²) in [6, 6.07) is 0.290. The molecule has 2 unspecified atom stereocenters. The van der Waals surface area contributed by atoms with E-state index < -0.39 is 0 Å². The summed E-state index contributed by atoms with van der Waals surface area (Å²) in [6.45, 7) is 2.94. The third kappa shape index (κ3) is 4.29. The molecule has 1 aliphatic rings. The molecule has 1 saturated heterocycles. The largest absolute Gasteiger partial charge is 0.469 e. The van der Waals surface area contributed by atoms with E-state index in [4.69, 9.17) is 9.47 Å². The van der Waals surface area contributed by atoms with E-state index in [0.717, 1.165) is 25.8 Å². The first-order valence-electron chi connectivity index (χ1n) is 6.47. The van der Waals surface area contributed by atoms with Gasteiger partial charge in [-0.1, -0.05) is 6.42 Å². The minimum Gasteiger partial charge on any atom is -0.469 e. The Bertz CT molecular complexity index is 293. The molecule has 0 spiro atoms. The van der Waals surface area contributed by atoms with Gasteiger partial charge in [-0.05, 0) is 26.3 Å². The molecule has 1 heterocycles. The van der Waals surface area contributed by atoms with E-state index in [9.17, 15) is 9.59 Å². The fourth-order valence-corrected chi connectivity index (χ4v) is 2.54. The summed E-state index contributed by atoms with van der Waals surface area (Å²) < 4.78 is 9.42. The molecule has 0 radical (unpaired) electrons. The van der Waals surface area contributed by atoms with Gasteiger partial charge in [0.25, 0.3) is 0 Å². The first-order valence-corrected chi connectivity index (χ1v) is 6.47. The van der Waals surface area contributed by atoms with Crippen LogP contribution in [0, 0.1) is 0 Å². The number of hydrogen-bond donors (Lipinski definition) is 0. The van der Waals surface area contributed by atoms with Crippen molar-refractivity contribution in [2.24, 2.45) is 0 Å². The molecule has 5 heteroatoms. The number of methoxy groups -OCH3 is 2. The lowest BCUT2D eigenvalue weighted by Crippen LogP contribution is -2.46. The number of likely N-dealkylation sites (tertiary alicyclic amines) is 1. The number of carbonyl (C=O) groups excluding carboxylic acids is 2. The molecule has 18 heavy (non-hydrogen) atoms. The van der Waals surface area contributed by atoms with Gasteiger partial charge in [-0.15, -0.1) is 0 Å². The summed E-state index contributed by atoms with van der Waals surface area (Å²) in [4.78, 5) is 24.9. The van der Waals surface area contributed by atoms with Gasteiger partial charge in [0.05, 0.1) is 27.1 Å². The highest BCUT2D eigenvalue weighted by atomic mass is 16.5. The lowest BCUT2D eigenvalue weighted by atomic mass is 9.96. The molecular weight excluding hydrogens is 234 g/mol. The molecule has 0 aliphatic carbocycles. The Balaban J connectivity index is 2.57. The van der Waals surface area contributed by atoms with E-state index >= 15 is 0 Å². The standard InChI is InChI=1S/C13H23NO4/c1-10(8-12(15)17-2)14-7-5-4-6-11(14)9-13(16)18-3/h10-11H,4-9H2,1-3H3. The van der Waals surface area contributed by atoms with Crippen molar-refractivity contribution in [3.05, 3.63) is 0 Å². The van der Waals surface area contributed by atoms with Crippen LogP contribution in [0.3, 0.4) is 0 Å². The Hall–Kier alpha value is -1.10. The summed E-state index contributed by atoms with van der Waals surface area (Å²) >= 11 is 0. The van der Waals surface area contributed by atoms with Gasteiger partial charge in [0.1, 0.15) is 0 Å². The van der Waals surface area contributed by atoms with E-state index in [2.05, 4.69) is 4.90 Å². The number of carbonyl (C=O) groups is 2. The van der Waals surface area contributed by atoms with Crippen LogP contribution in [0.25, 0.3) is 0 Å². The van der Waals surface area contributed by atoms with Gasteiger partial charge >= 0.3 is 11.9 Å². The lowest BCUT2D eigenvalue weighted by Gasteiger charge is -2.39. The highest BCUT2D eigenvalue weighted by Gasteiger charge is 2.29. The summed E-state index contributed by atoms with van der Waals surface area (Å²) in [5.41, 5.74) is 0. The van der Waals surface area contributed by atoms with Gasteiger partial charge in [0.2, 0.25) is 0 Å². The number of nitrogens with zero attached hydrogens (tertiary/aromatic N) is 1. The van der Waals surface area contributed by atoms with Crippen LogP contribution in [0.4, 0.5) is 0 Å². The van der Waals surface area contributed by atoms with Crippen LogP contribution in [0.5, 0.6) is 0 Å². The molecule has 0 aromatic heterocycles. The second-order valence-corrected chi connectivity index (χ2v) is 4.80. The average molecular weight is 257 g/mol. The van der Waals surface area contributed by atoms with Gasteiger partial charge in [0.15, 0.2) is 0 Å². The van der Waals surface area contributed by atoms with Crippen LogP contribution in [0.2, 0.25) is 0 Å². The zero-order valence-electron chi connectivity index (χ0n) is 11.5. The van der Waals surface area contributed by atoms with Crippen molar-refractivity contribution in [2.45, 2.75) is 51.1 Å². The zero-order valence-corrected chi connectivity index (χ0v) is 11.5. The molecule has 0 amide bonds. The molecule has 1 fully saturated rings. The van der Waals surface area contributed by atoms with Crippen molar-refractivity contribution in [3.8, 4) is 0 Å². The molecule has 0 aromatic rings. The Labute approximate surface area is 108 Å². The number of piperidine rings is 1. The minimum atomic E-state index is -0.204. The maximum atomic E-state index is 11.4. The average Bonchev–Trinajstić information content (AvgIpc) is 2.38. The first kappa shape index (κ1) is 15.0. The van der Waals surface area contributed by atoms with Crippen molar-refractivity contribution in [1.29, 1.82) is 0 Å². The van der Waals surface area contributed by atoms with Gasteiger partial charge in [-0.25, -0.2) is 0 Å². The van der Waals surface area contributed by atoms with Crippen LogP contribution in [-0.4, -0.2) is 49.7 Å². The number of hydrogen-bond acceptors (Lipinski definition) is 5. The minimum absolute atomic E-state index is 0.104. The van der Waals surface area contributed by atoms with Crippen molar-refractivity contribution < 1.29 is 19.1 Å². The predicted octanol–water partition coefficient (Wildman–Crippen LogP) is 1.36. The highest BCUT2D eigenvalue weighted by Crippen LogP contribution is 2.23. The Morgan fingerprint density at radius 3 is 2.50 bits per heavy atom. The fourth-order valence-electron chi connectivity index (χ4n) is 2.54. The number of ether oxygens (including phenoxy) is 2. The van der Waals surface area contributed by atoms with E-state index in [-0.39, 0.29) is 24.0 Å². The van der Waals surface area contributed by atoms with E-state index in [1.165, 1.54) is 14.2 Å². The van der Waals surface area contributed by atoms with Crippen LogP contribution >= 0.6 is 0 Å². The Morgan fingerprint density at radius 2 is 1.89 bits per heavy atom. The third-order valence-corrected chi connectivity index (χ3v) is 3.56. The van der Waals surface area contributed by atoms with Crippen molar-refractivity contribution >= 4 is 11.9 Å². The summed E-state index contributed by atoms with van der Waals surface area (Å²) in [5.74, 6) is -0.387. The van der Waals surface area contributed by atoms with Crippen molar-refractivity contribution in [1.82, 2.24) is 4.90 Å². The molecule has 0 bridgehead atoms. The zero-order chi connectivity index (χ0) is 13.5. The molecule has 104 valence electrons. The van der Waals surface area contributed by atoms with Gasteiger partial charge in [-0.2, -0.15) is 0 Å². The number of esters is 2. The van der Waals surface area contributed by atoms with Crippen molar-refractivity contribution in [2.75, 3.05) is 20.8 Å². The van der Waals surface area contributed by atoms with E-state index in [1.807, 2.05) is 6.92 Å². The van der Waals surface area contributed by atoms with Gasteiger partial charge in [-0.3, -0.25) is 14.5 Å². The smallest absolute Gasteiger partial charge is 0.307 e. The summed E-state index contributed by atoms with van der Waals surface area (Å²) in [6.07, 6.45) is 4.00. The maximum Gasteiger partial charge on any atom is 0.307 e. The van der Waals surface area contributed by atoms with E-state index in [1.54, 1.807) is 0 Å². The summed E-state index contributed by atoms with van der Waals surface area (Å²) in [5, 5.41) is 0. The molecule has 0 aromatic carbocycles. The SMILES string of the molecule is COC(=O)CC(C)N1CCCCC1CC(=O)OC. The molecule has 0 N–H and O–H groups in total. The van der Waals surface area contributed by atoms with Gasteiger partial charge in [0, 0.05) is 12.1 Å². The molecule has 5 nitrogen and oxygen atoms in total. The third-order valence-electron chi connectivity index (χ3n) is 3.56. The van der Waals surface area contributed by atoms with Crippen LogP contribution in [-0.2, 0) is 19.1 Å². The normalized spacial score (nSPS) is 22.3. The molecule has 1 aliphatic heterocycles. The topological polar surface area (TPSA) is 55.8 Å². The summed E-state index contributed by atoms with van der Waals surface area (Å²) in [7, 11) is 2.81. The second-order valence-electron chi connectivity index (χ2n) is 4.80. The van der Waals surface area contributed by atoms with Crippen LogP contribution in [0.1, 0.15) is 39.0 Å². The Kier molecular flexibility index (Phi) is 6.12. The van der Waals surface area contributed by atoms with Crippen molar-refractivity contribution in [3.63, 3.8) is 0 Å². The highest BCUT2D eigenvalue weighted by molar-refractivity contribution is 5.70. The van der Waals surface area contributed by atoms with Crippen LogP contribution < -0.4 is 0 Å². The van der Waals surface area contributed by atoms with Gasteiger partial charge < -0.3 is 9.47 Å².